The van der Waals surface area contributed by atoms with Gasteiger partial charge in [-0.2, -0.15) is 0 Å². The highest BCUT2D eigenvalue weighted by atomic mass is 32.2. The van der Waals surface area contributed by atoms with Crippen LogP contribution in [0.25, 0.3) is 0 Å². The predicted molar refractivity (Wildman–Crippen MR) is 71.9 cm³/mol. The Kier molecular flexibility index (Phi) is 4.99. The first-order valence-corrected chi connectivity index (χ1v) is 7.93. The highest BCUT2D eigenvalue weighted by Crippen LogP contribution is 2.41. The molecule has 1 fully saturated rings. The van der Waals surface area contributed by atoms with Crippen LogP contribution in [0.4, 0.5) is 0 Å². The van der Waals surface area contributed by atoms with E-state index in [2.05, 4.69) is 20.8 Å². The summed E-state index contributed by atoms with van der Waals surface area (Å²) in [5, 5.41) is 0.231. The normalized spacial score (nSPS) is 33.7. The third kappa shape index (κ3) is 3.07. The largest absolute Gasteiger partial charge is 0.327 e. The lowest BCUT2D eigenvalue weighted by Gasteiger charge is -2.41. The minimum atomic E-state index is -0.726. The van der Waals surface area contributed by atoms with Gasteiger partial charge in [-0.15, -0.1) is 0 Å². The monoisotopic (exact) mass is 245 g/mol. The second-order valence-electron chi connectivity index (χ2n) is 5.72. The van der Waals surface area contributed by atoms with Gasteiger partial charge in [0.15, 0.2) is 0 Å². The number of nitrogens with two attached hydrogens (primary N) is 1. The zero-order valence-corrected chi connectivity index (χ0v) is 12.0. The van der Waals surface area contributed by atoms with Crippen molar-refractivity contribution in [2.24, 2.45) is 17.1 Å². The fourth-order valence-electron chi connectivity index (χ4n) is 2.67. The lowest BCUT2D eigenvalue weighted by molar-refractivity contribution is 0.147. The molecule has 0 radical (unpaired) electrons. The molecule has 0 spiro atoms. The van der Waals surface area contributed by atoms with E-state index in [9.17, 15) is 4.21 Å². The predicted octanol–water partition coefficient (Wildman–Crippen LogP) is 2.69. The molecule has 4 unspecified atom stereocenters. The lowest BCUT2D eigenvalue weighted by atomic mass is 9.69. The zero-order chi connectivity index (χ0) is 12.3. The standard InChI is InChI=1S/C13H27NOS/c1-5-13(3,4)10-7-8-11(14)12(9-10)16(15)6-2/h10-12H,5-9,14H2,1-4H3. The molecule has 3 heteroatoms. The topological polar surface area (TPSA) is 43.1 Å². The Labute approximate surface area is 103 Å². The van der Waals surface area contributed by atoms with Gasteiger partial charge in [-0.25, -0.2) is 0 Å². The molecule has 1 rings (SSSR count). The molecule has 2 N–H and O–H groups in total. The van der Waals surface area contributed by atoms with E-state index in [0.29, 0.717) is 11.3 Å². The van der Waals surface area contributed by atoms with Crippen LogP contribution in [-0.4, -0.2) is 21.3 Å². The van der Waals surface area contributed by atoms with Crippen molar-refractivity contribution in [3.05, 3.63) is 0 Å². The van der Waals surface area contributed by atoms with Gasteiger partial charge in [0.2, 0.25) is 0 Å². The highest BCUT2D eigenvalue weighted by Gasteiger charge is 2.37. The van der Waals surface area contributed by atoms with Gasteiger partial charge in [0.05, 0.1) is 5.25 Å². The molecule has 0 heterocycles. The van der Waals surface area contributed by atoms with E-state index >= 15 is 0 Å². The maximum atomic E-state index is 12.0. The summed E-state index contributed by atoms with van der Waals surface area (Å²) in [6.45, 7) is 8.92. The van der Waals surface area contributed by atoms with Gasteiger partial charge >= 0.3 is 0 Å². The fraction of sp³-hybridized carbons (Fsp3) is 1.00. The lowest BCUT2D eigenvalue weighted by Crippen LogP contribution is -2.46. The summed E-state index contributed by atoms with van der Waals surface area (Å²) < 4.78 is 12.0. The summed E-state index contributed by atoms with van der Waals surface area (Å²) in [6.07, 6.45) is 4.50. The van der Waals surface area contributed by atoms with E-state index in [0.717, 1.165) is 18.6 Å². The van der Waals surface area contributed by atoms with Crippen LogP contribution in [0.2, 0.25) is 0 Å². The van der Waals surface area contributed by atoms with E-state index in [1.807, 2.05) is 6.92 Å². The Bertz CT molecular complexity index is 252. The molecule has 0 bridgehead atoms. The molecule has 0 aromatic rings. The van der Waals surface area contributed by atoms with Crippen molar-refractivity contribution in [2.75, 3.05) is 5.75 Å². The Morgan fingerprint density at radius 2 is 1.94 bits per heavy atom. The molecule has 96 valence electrons. The molecule has 4 atom stereocenters. The smallest absolute Gasteiger partial charge is 0.0501 e. The first-order valence-electron chi connectivity index (χ1n) is 6.55. The van der Waals surface area contributed by atoms with Crippen LogP contribution in [0.3, 0.4) is 0 Å². The van der Waals surface area contributed by atoms with Gasteiger partial charge in [0.1, 0.15) is 0 Å². The summed E-state index contributed by atoms with van der Waals surface area (Å²) in [4.78, 5) is 0. The van der Waals surface area contributed by atoms with Gasteiger partial charge in [-0.1, -0.05) is 34.1 Å². The molecule has 0 saturated heterocycles. The Hall–Kier alpha value is 0.110. The SMILES string of the molecule is CCS(=O)C1CC(C(C)(C)CC)CCC1N. The zero-order valence-electron chi connectivity index (χ0n) is 11.2. The minimum Gasteiger partial charge on any atom is -0.327 e. The van der Waals surface area contributed by atoms with Crippen molar-refractivity contribution >= 4 is 10.8 Å². The summed E-state index contributed by atoms with van der Waals surface area (Å²) in [5.74, 6) is 1.44. The van der Waals surface area contributed by atoms with Crippen molar-refractivity contribution in [3.8, 4) is 0 Å². The molecule has 16 heavy (non-hydrogen) atoms. The maximum absolute atomic E-state index is 12.0. The molecular weight excluding hydrogens is 218 g/mol. The van der Waals surface area contributed by atoms with E-state index < -0.39 is 10.8 Å². The van der Waals surface area contributed by atoms with Crippen LogP contribution in [0.1, 0.15) is 53.4 Å². The van der Waals surface area contributed by atoms with Crippen molar-refractivity contribution in [1.82, 2.24) is 0 Å². The van der Waals surface area contributed by atoms with Crippen molar-refractivity contribution < 1.29 is 4.21 Å². The Balaban J connectivity index is 2.71. The number of hydrogen-bond donors (Lipinski definition) is 1. The van der Waals surface area contributed by atoms with Crippen LogP contribution in [0.15, 0.2) is 0 Å². The first-order chi connectivity index (χ1) is 7.42. The van der Waals surface area contributed by atoms with Crippen LogP contribution >= 0.6 is 0 Å². The third-order valence-electron chi connectivity index (χ3n) is 4.48. The summed E-state index contributed by atoms with van der Waals surface area (Å²) in [5.41, 5.74) is 6.48. The molecule has 0 amide bonds. The third-order valence-corrected chi connectivity index (χ3v) is 6.27. The van der Waals surface area contributed by atoms with Gasteiger partial charge in [0.25, 0.3) is 0 Å². The van der Waals surface area contributed by atoms with Crippen molar-refractivity contribution in [3.63, 3.8) is 0 Å². The molecule has 1 aliphatic rings. The van der Waals surface area contributed by atoms with Crippen LogP contribution in [0, 0.1) is 11.3 Å². The molecule has 2 nitrogen and oxygen atoms in total. The molecule has 0 aromatic heterocycles. The second kappa shape index (κ2) is 5.63. The molecule has 0 aliphatic heterocycles. The van der Waals surface area contributed by atoms with Crippen LogP contribution in [-0.2, 0) is 10.8 Å². The Morgan fingerprint density at radius 1 is 1.31 bits per heavy atom. The Morgan fingerprint density at radius 3 is 2.44 bits per heavy atom. The molecular formula is C13H27NOS. The molecule has 1 aliphatic carbocycles. The first kappa shape index (κ1) is 14.2. The van der Waals surface area contributed by atoms with E-state index in [1.165, 1.54) is 12.8 Å². The number of hydrogen-bond acceptors (Lipinski definition) is 2. The van der Waals surface area contributed by atoms with Gasteiger partial charge < -0.3 is 5.73 Å². The van der Waals surface area contributed by atoms with Crippen LogP contribution < -0.4 is 5.73 Å². The quantitative estimate of drug-likeness (QED) is 0.827. The average molecular weight is 245 g/mol. The second-order valence-corrected chi connectivity index (χ2v) is 7.67. The molecule has 0 aromatic carbocycles. The van der Waals surface area contributed by atoms with Crippen molar-refractivity contribution in [1.29, 1.82) is 0 Å². The van der Waals surface area contributed by atoms with E-state index in [4.69, 9.17) is 5.73 Å². The highest BCUT2D eigenvalue weighted by molar-refractivity contribution is 7.85. The summed E-state index contributed by atoms with van der Waals surface area (Å²) in [6, 6.07) is 0.157. The van der Waals surface area contributed by atoms with Gasteiger partial charge in [-0.05, 0) is 30.6 Å². The van der Waals surface area contributed by atoms with Crippen molar-refractivity contribution in [2.45, 2.75) is 64.7 Å². The van der Waals surface area contributed by atoms with Gasteiger partial charge in [0, 0.05) is 22.6 Å². The summed E-state index contributed by atoms with van der Waals surface area (Å²) >= 11 is 0. The summed E-state index contributed by atoms with van der Waals surface area (Å²) in [7, 11) is -0.726. The number of rotatable bonds is 4. The molecule has 1 saturated carbocycles. The van der Waals surface area contributed by atoms with E-state index in [-0.39, 0.29) is 11.3 Å². The van der Waals surface area contributed by atoms with Crippen LogP contribution in [0.5, 0.6) is 0 Å². The van der Waals surface area contributed by atoms with Gasteiger partial charge in [-0.3, -0.25) is 4.21 Å². The maximum Gasteiger partial charge on any atom is 0.0501 e. The van der Waals surface area contributed by atoms with E-state index in [1.54, 1.807) is 0 Å². The average Bonchev–Trinajstić information content (AvgIpc) is 2.28. The fourth-order valence-corrected chi connectivity index (χ4v) is 4.07. The minimum absolute atomic E-state index is 0.157.